The van der Waals surface area contributed by atoms with E-state index in [2.05, 4.69) is 0 Å². The van der Waals surface area contributed by atoms with Gasteiger partial charge in [-0.2, -0.15) is 0 Å². The molecule has 0 spiro atoms. The number of fused-ring (bicyclic) bond motifs is 2. The third-order valence-corrected chi connectivity index (χ3v) is 6.35. The summed E-state index contributed by atoms with van der Waals surface area (Å²) >= 11 is 0. The Kier molecular flexibility index (Phi) is 2.07. The first kappa shape index (κ1) is 13.9. The zero-order valence-electron chi connectivity index (χ0n) is 12.4. The van der Waals surface area contributed by atoms with Gasteiger partial charge in [-0.15, -0.1) is 0 Å². The summed E-state index contributed by atoms with van der Waals surface area (Å²) in [6.45, 7) is 2.96. The lowest BCUT2D eigenvalue weighted by atomic mass is 9.51. The molecule has 0 aromatic carbocycles. The number of hydrogen-bond acceptors (Lipinski definition) is 7. The van der Waals surface area contributed by atoms with Gasteiger partial charge in [0.2, 0.25) is 5.78 Å². The smallest absolute Gasteiger partial charge is 0.313 e. The lowest BCUT2D eigenvalue weighted by molar-refractivity contribution is -0.275. The van der Waals surface area contributed by atoms with Crippen molar-refractivity contribution in [2.45, 2.75) is 31.7 Å². The second kappa shape index (κ2) is 3.28. The Balaban J connectivity index is 2.14. The highest BCUT2D eigenvalue weighted by Crippen LogP contribution is 2.75. The van der Waals surface area contributed by atoms with Crippen LogP contribution in [0.3, 0.4) is 0 Å². The average Bonchev–Trinajstić information content (AvgIpc) is 2.48. The Morgan fingerprint density at radius 2 is 1.86 bits per heavy atom. The molecule has 4 aliphatic rings. The highest BCUT2D eigenvalue weighted by Gasteiger charge is 2.89. The Labute approximate surface area is 125 Å². The van der Waals surface area contributed by atoms with Gasteiger partial charge in [0, 0.05) is 23.8 Å². The molecular formula is C15H16O7. The summed E-state index contributed by atoms with van der Waals surface area (Å²) in [5.41, 5.74) is -5.01. The number of carbonyl (C=O) groups is 3. The standard InChI is InChI=1S/C15H16O7/c1-12-5-14(19)11(18)13(2)8(9(12)10(17)22-14)6(21-3)4-7(16)15(12,13)20/h4,8-9,19-20H,5H2,1-3H3. The normalized spacial score (nSPS) is 55.1. The molecule has 7 heteroatoms. The van der Waals surface area contributed by atoms with E-state index in [0.717, 1.165) is 6.08 Å². The van der Waals surface area contributed by atoms with Crippen LogP contribution in [0.4, 0.5) is 0 Å². The maximum Gasteiger partial charge on any atom is 0.313 e. The molecule has 0 amide bonds. The molecule has 1 aliphatic heterocycles. The van der Waals surface area contributed by atoms with Crippen LogP contribution in [0.1, 0.15) is 20.3 Å². The molecule has 0 aromatic rings. The predicted molar refractivity (Wildman–Crippen MR) is 68.9 cm³/mol. The molecule has 1 saturated heterocycles. The maximum atomic E-state index is 12.9. The van der Waals surface area contributed by atoms with E-state index in [1.165, 1.54) is 14.0 Å². The van der Waals surface area contributed by atoms with Crippen LogP contribution in [0.15, 0.2) is 11.8 Å². The number of ether oxygens (including phenoxy) is 2. The summed E-state index contributed by atoms with van der Waals surface area (Å²) in [5, 5.41) is 21.7. The molecule has 22 heavy (non-hydrogen) atoms. The zero-order chi connectivity index (χ0) is 16.3. The number of esters is 1. The van der Waals surface area contributed by atoms with E-state index in [9.17, 15) is 24.6 Å². The third-order valence-electron chi connectivity index (χ3n) is 6.35. The molecule has 7 nitrogen and oxygen atoms in total. The fraction of sp³-hybridized carbons (Fsp3) is 0.667. The Bertz CT molecular complexity index is 696. The van der Waals surface area contributed by atoms with Gasteiger partial charge < -0.3 is 19.7 Å². The lowest BCUT2D eigenvalue weighted by Crippen LogP contribution is -2.74. The fourth-order valence-electron chi connectivity index (χ4n) is 5.48. The number of aliphatic hydroxyl groups is 2. The highest BCUT2D eigenvalue weighted by atomic mass is 16.7. The number of ketones is 2. The first-order chi connectivity index (χ1) is 10.1. The van der Waals surface area contributed by atoms with Gasteiger partial charge in [0.25, 0.3) is 5.79 Å². The van der Waals surface area contributed by atoms with Crippen LogP contribution in [-0.4, -0.2) is 46.2 Å². The van der Waals surface area contributed by atoms with Crippen molar-refractivity contribution >= 4 is 17.5 Å². The molecule has 1 heterocycles. The number of allylic oxidation sites excluding steroid dienone is 1. The minimum Gasteiger partial charge on any atom is -0.501 e. The SMILES string of the molecule is COC1=CC(=O)C2(O)C3(C)CC4(O)OC(=O)C3C1C2(C)C4=O. The second-order valence-electron chi connectivity index (χ2n) is 7.11. The van der Waals surface area contributed by atoms with Gasteiger partial charge in [-0.3, -0.25) is 14.4 Å². The van der Waals surface area contributed by atoms with Crippen LogP contribution in [0.2, 0.25) is 0 Å². The molecule has 118 valence electrons. The molecule has 2 saturated carbocycles. The van der Waals surface area contributed by atoms with Crippen molar-refractivity contribution in [2.75, 3.05) is 7.11 Å². The summed E-state index contributed by atoms with van der Waals surface area (Å²) in [5.74, 6) is -6.18. The first-order valence-electron chi connectivity index (χ1n) is 7.10. The van der Waals surface area contributed by atoms with Crippen molar-refractivity contribution in [1.82, 2.24) is 0 Å². The summed E-state index contributed by atoms with van der Waals surface area (Å²) in [7, 11) is 1.34. The van der Waals surface area contributed by atoms with Gasteiger partial charge in [0.15, 0.2) is 5.78 Å². The van der Waals surface area contributed by atoms with Gasteiger partial charge in [-0.1, -0.05) is 6.92 Å². The van der Waals surface area contributed by atoms with Crippen molar-refractivity contribution in [3.63, 3.8) is 0 Å². The molecule has 4 rings (SSSR count). The highest BCUT2D eigenvalue weighted by molar-refractivity contribution is 6.12. The molecule has 5 bridgehead atoms. The van der Waals surface area contributed by atoms with Crippen molar-refractivity contribution < 1.29 is 34.1 Å². The van der Waals surface area contributed by atoms with Gasteiger partial charge >= 0.3 is 5.97 Å². The molecule has 2 N–H and O–H groups in total. The van der Waals surface area contributed by atoms with E-state index in [0.29, 0.717) is 0 Å². The Hall–Kier alpha value is -1.73. The summed E-state index contributed by atoms with van der Waals surface area (Å²) in [6, 6.07) is 0. The summed E-state index contributed by atoms with van der Waals surface area (Å²) < 4.78 is 10.2. The number of carbonyl (C=O) groups excluding carboxylic acids is 3. The van der Waals surface area contributed by atoms with Crippen molar-refractivity contribution in [2.24, 2.45) is 22.7 Å². The molecule has 3 fully saturated rings. The largest absolute Gasteiger partial charge is 0.501 e. The molecule has 6 unspecified atom stereocenters. The van der Waals surface area contributed by atoms with E-state index in [1.807, 2.05) is 0 Å². The van der Waals surface area contributed by atoms with E-state index in [-0.39, 0.29) is 12.2 Å². The van der Waals surface area contributed by atoms with Crippen molar-refractivity contribution in [1.29, 1.82) is 0 Å². The van der Waals surface area contributed by atoms with Crippen LogP contribution in [0.5, 0.6) is 0 Å². The minimum atomic E-state index is -2.30. The zero-order valence-corrected chi connectivity index (χ0v) is 12.4. The molecule has 0 radical (unpaired) electrons. The van der Waals surface area contributed by atoms with E-state index in [1.54, 1.807) is 6.92 Å². The quantitative estimate of drug-likeness (QED) is 0.617. The van der Waals surface area contributed by atoms with Gasteiger partial charge in [-0.05, 0) is 6.92 Å². The maximum absolute atomic E-state index is 12.9. The Morgan fingerprint density at radius 3 is 2.45 bits per heavy atom. The van der Waals surface area contributed by atoms with Crippen LogP contribution in [-0.2, 0) is 23.9 Å². The average molecular weight is 308 g/mol. The Morgan fingerprint density at radius 1 is 1.23 bits per heavy atom. The lowest BCUT2D eigenvalue weighted by Gasteiger charge is -2.56. The molecule has 0 aromatic heterocycles. The summed E-state index contributed by atoms with van der Waals surface area (Å²) in [6.07, 6.45) is 0.856. The van der Waals surface area contributed by atoms with Crippen LogP contribution < -0.4 is 0 Å². The van der Waals surface area contributed by atoms with Crippen LogP contribution >= 0.6 is 0 Å². The van der Waals surface area contributed by atoms with Crippen molar-refractivity contribution in [3.05, 3.63) is 11.8 Å². The van der Waals surface area contributed by atoms with E-state index >= 15 is 0 Å². The van der Waals surface area contributed by atoms with Gasteiger partial charge in [-0.25, -0.2) is 0 Å². The number of Topliss-reactive ketones (excluding diaryl/α,β-unsaturated/α-hetero) is 1. The van der Waals surface area contributed by atoms with E-state index in [4.69, 9.17) is 9.47 Å². The van der Waals surface area contributed by atoms with Crippen LogP contribution in [0.25, 0.3) is 0 Å². The molecule has 6 atom stereocenters. The predicted octanol–water partition coefficient (Wildman–Crippen LogP) is -0.693. The fourth-order valence-corrected chi connectivity index (χ4v) is 5.48. The monoisotopic (exact) mass is 308 g/mol. The third kappa shape index (κ3) is 0.962. The molecular weight excluding hydrogens is 292 g/mol. The topological polar surface area (TPSA) is 110 Å². The minimum absolute atomic E-state index is 0.169. The first-order valence-corrected chi connectivity index (χ1v) is 7.10. The van der Waals surface area contributed by atoms with Crippen LogP contribution in [0, 0.1) is 22.7 Å². The van der Waals surface area contributed by atoms with Crippen molar-refractivity contribution in [3.8, 4) is 0 Å². The van der Waals surface area contributed by atoms with E-state index < -0.39 is 51.6 Å². The summed E-state index contributed by atoms with van der Waals surface area (Å²) in [4.78, 5) is 37.9. The molecule has 3 aliphatic carbocycles. The van der Waals surface area contributed by atoms with Gasteiger partial charge in [0.1, 0.15) is 11.4 Å². The number of rotatable bonds is 1. The second-order valence-corrected chi connectivity index (χ2v) is 7.11. The number of hydrogen-bond donors (Lipinski definition) is 2. The van der Waals surface area contributed by atoms with Gasteiger partial charge in [0.05, 0.1) is 18.4 Å². The number of methoxy groups -OCH3 is 1.